The van der Waals surface area contributed by atoms with Gasteiger partial charge in [-0.15, -0.1) is 0 Å². The van der Waals surface area contributed by atoms with Gasteiger partial charge in [-0.1, -0.05) is 49.3 Å². The van der Waals surface area contributed by atoms with Gasteiger partial charge >= 0.3 is 0 Å². The van der Waals surface area contributed by atoms with Gasteiger partial charge in [0.25, 0.3) is 0 Å². The summed E-state index contributed by atoms with van der Waals surface area (Å²) in [6, 6.07) is 9.56. The zero-order valence-corrected chi connectivity index (χ0v) is 15.3. The van der Waals surface area contributed by atoms with Gasteiger partial charge in [0, 0.05) is 11.9 Å². The smallest absolute Gasteiger partial charge is 0.238 e. The lowest BCUT2D eigenvalue weighted by molar-refractivity contribution is -0.116. The summed E-state index contributed by atoms with van der Waals surface area (Å²) in [6.07, 6.45) is 1.60. The molecule has 1 N–H and O–H groups in total. The van der Waals surface area contributed by atoms with Crippen LogP contribution in [0, 0.1) is 19.8 Å². The summed E-state index contributed by atoms with van der Waals surface area (Å²) in [4.78, 5) is 17.0. The number of amides is 1. The summed E-state index contributed by atoms with van der Waals surface area (Å²) < 4.78 is 0. The van der Waals surface area contributed by atoms with Crippen molar-refractivity contribution in [3.8, 4) is 0 Å². The molecule has 1 heterocycles. The van der Waals surface area contributed by atoms with E-state index < -0.39 is 0 Å². The van der Waals surface area contributed by atoms with E-state index >= 15 is 0 Å². The molecule has 0 saturated carbocycles. The molecule has 1 aromatic heterocycles. The Labute approximate surface area is 146 Å². The topological polar surface area (TPSA) is 42.0 Å². The van der Waals surface area contributed by atoms with Crippen molar-refractivity contribution < 1.29 is 4.79 Å². The SMILES string of the molecule is Cc1cccc(NC(=O)C(Sc2ccc(Cl)cn2)C(C)C)c1C. The van der Waals surface area contributed by atoms with E-state index in [2.05, 4.69) is 10.3 Å². The van der Waals surface area contributed by atoms with Crippen molar-refractivity contribution >= 4 is 35.0 Å². The molecule has 0 aliphatic rings. The zero-order chi connectivity index (χ0) is 17.0. The van der Waals surface area contributed by atoms with E-state index in [0.29, 0.717) is 5.02 Å². The molecule has 23 heavy (non-hydrogen) atoms. The fourth-order valence-electron chi connectivity index (χ4n) is 2.14. The highest BCUT2D eigenvalue weighted by Crippen LogP contribution is 2.29. The van der Waals surface area contributed by atoms with E-state index in [9.17, 15) is 4.79 Å². The van der Waals surface area contributed by atoms with Crippen LogP contribution in [0.2, 0.25) is 5.02 Å². The molecule has 122 valence electrons. The van der Waals surface area contributed by atoms with Gasteiger partial charge in [-0.25, -0.2) is 4.98 Å². The van der Waals surface area contributed by atoms with Crippen molar-refractivity contribution in [3.63, 3.8) is 0 Å². The van der Waals surface area contributed by atoms with Crippen molar-refractivity contribution in [2.75, 3.05) is 5.32 Å². The fraction of sp³-hybridized carbons (Fsp3) is 0.333. The Bertz CT molecular complexity index is 686. The van der Waals surface area contributed by atoms with Crippen LogP contribution in [0.1, 0.15) is 25.0 Å². The fourth-order valence-corrected chi connectivity index (χ4v) is 3.22. The van der Waals surface area contributed by atoms with Crippen LogP contribution < -0.4 is 5.32 Å². The minimum atomic E-state index is -0.219. The van der Waals surface area contributed by atoms with Crippen LogP contribution in [0.4, 0.5) is 5.69 Å². The van der Waals surface area contributed by atoms with Gasteiger partial charge < -0.3 is 5.32 Å². The number of carbonyl (C=O) groups excluding carboxylic acids is 1. The predicted molar refractivity (Wildman–Crippen MR) is 98.3 cm³/mol. The van der Waals surface area contributed by atoms with Gasteiger partial charge in [-0.2, -0.15) is 0 Å². The van der Waals surface area contributed by atoms with Crippen LogP contribution in [0.3, 0.4) is 0 Å². The van der Waals surface area contributed by atoms with Crippen LogP contribution in [0.25, 0.3) is 0 Å². The van der Waals surface area contributed by atoms with Crippen molar-refractivity contribution in [1.29, 1.82) is 0 Å². The van der Waals surface area contributed by atoms with Crippen LogP contribution in [-0.4, -0.2) is 16.1 Å². The Morgan fingerprint density at radius 1 is 1.22 bits per heavy atom. The van der Waals surface area contributed by atoms with Crippen molar-refractivity contribution in [3.05, 3.63) is 52.7 Å². The number of hydrogen-bond donors (Lipinski definition) is 1. The first kappa shape index (κ1) is 17.8. The van der Waals surface area contributed by atoms with Crippen LogP contribution in [0.15, 0.2) is 41.6 Å². The Morgan fingerprint density at radius 2 is 1.96 bits per heavy atom. The van der Waals surface area contributed by atoms with Gasteiger partial charge in [-0.3, -0.25) is 4.79 Å². The summed E-state index contributed by atoms with van der Waals surface area (Å²) in [5.41, 5.74) is 3.12. The molecule has 1 aromatic carbocycles. The third-order valence-corrected chi connectivity index (χ3v) is 5.39. The highest BCUT2D eigenvalue weighted by molar-refractivity contribution is 8.00. The summed E-state index contributed by atoms with van der Waals surface area (Å²) in [5, 5.41) is 4.22. The second kappa shape index (κ2) is 7.84. The maximum Gasteiger partial charge on any atom is 0.238 e. The minimum absolute atomic E-state index is 0.00421. The predicted octanol–water partition coefficient (Wildman–Crippen LogP) is 5.11. The number of nitrogens with one attached hydrogen (secondary N) is 1. The lowest BCUT2D eigenvalue weighted by Crippen LogP contribution is -2.30. The van der Waals surface area contributed by atoms with Crippen molar-refractivity contribution in [1.82, 2.24) is 4.98 Å². The number of halogens is 1. The summed E-state index contributed by atoms with van der Waals surface area (Å²) in [6.45, 7) is 8.13. The second-order valence-electron chi connectivity index (χ2n) is 5.83. The summed E-state index contributed by atoms with van der Waals surface area (Å²) in [5.74, 6) is 0.179. The third kappa shape index (κ3) is 4.72. The Morgan fingerprint density at radius 3 is 2.57 bits per heavy atom. The van der Waals surface area contributed by atoms with Gasteiger partial charge in [0.05, 0.1) is 15.3 Å². The first-order valence-electron chi connectivity index (χ1n) is 7.53. The Kier molecular flexibility index (Phi) is 6.08. The van der Waals surface area contributed by atoms with Crippen molar-refractivity contribution in [2.45, 2.75) is 38.0 Å². The molecule has 1 unspecified atom stereocenters. The minimum Gasteiger partial charge on any atom is -0.325 e. The summed E-state index contributed by atoms with van der Waals surface area (Å²) in [7, 11) is 0. The molecule has 1 amide bonds. The molecular formula is C18H21ClN2OS. The highest BCUT2D eigenvalue weighted by Gasteiger charge is 2.24. The number of nitrogens with zero attached hydrogens (tertiary/aromatic N) is 1. The zero-order valence-electron chi connectivity index (χ0n) is 13.8. The van der Waals surface area contributed by atoms with E-state index in [-0.39, 0.29) is 17.1 Å². The van der Waals surface area contributed by atoms with E-state index in [1.54, 1.807) is 12.3 Å². The molecule has 0 aliphatic heterocycles. The normalized spacial score (nSPS) is 12.3. The average molecular weight is 349 g/mol. The molecular weight excluding hydrogens is 328 g/mol. The number of aryl methyl sites for hydroxylation is 1. The molecule has 0 spiro atoms. The lowest BCUT2D eigenvalue weighted by atomic mass is 10.1. The average Bonchev–Trinajstić information content (AvgIpc) is 2.50. The number of benzene rings is 1. The van der Waals surface area contributed by atoms with E-state index in [0.717, 1.165) is 21.8 Å². The maximum absolute atomic E-state index is 12.7. The number of rotatable bonds is 5. The number of anilines is 1. The summed E-state index contributed by atoms with van der Waals surface area (Å²) >= 11 is 7.32. The number of aromatic nitrogens is 1. The molecule has 3 nitrogen and oxygen atoms in total. The number of hydrogen-bond acceptors (Lipinski definition) is 3. The number of pyridine rings is 1. The molecule has 0 aliphatic carbocycles. The number of carbonyl (C=O) groups is 1. The Balaban J connectivity index is 2.15. The molecule has 0 radical (unpaired) electrons. The van der Waals surface area contributed by atoms with E-state index in [1.165, 1.54) is 11.8 Å². The molecule has 1 atom stereocenters. The van der Waals surface area contributed by atoms with Gasteiger partial charge in [0.2, 0.25) is 5.91 Å². The van der Waals surface area contributed by atoms with Crippen LogP contribution in [0.5, 0.6) is 0 Å². The molecule has 2 rings (SSSR count). The lowest BCUT2D eigenvalue weighted by Gasteiger charge is -2.20. The van der Waals surface area contributed by atoms with Gasteiger partial charge in [0.15, 0.2) is 0 Å². The highest BCUT2D eigenvalue weighted by atomic mass is 35.5. The van der Waals surface area contributed by atoms with Crippen LogP contribution in [-0.2, 0) is 4.79 Å². The standard InChI is InChI=1S/C18H21ClN2OS/c1-11(2)17(23-16-9-8-14(19)10-20-16)18(22)21-15-7-5-6-12(3)13(15)4/h5-11,17H,1-4H3,(H,21,22). The quantitative estimate of drug-likeness (QED) is 0.763. The molecule has 0 saturated heterocycles. The van der Waals surface area contributed by atoms with E-state index in [4.69, 9.17) is 11.6 Å². The molecule has 0 fully saturated rings. The first-order chi connectivity index (χ1) is 10.9. The molecule has 2 aromatic rings. The first-order valence-corrected chi connectivity index (χ1v) is 8.79. The monoisotopic (exact) mass is 348 g/mol. The van der Waals surface area contributed by atoms with Gasteiger partial charge in [-0.05, 0) is 49.1 Å². The molecule has 5 heteroatoms. The third-order valence-electron chi connectivity index (χ3n) is 3.67. The van der Waals surface area contributed by atoms with Crippen molar-refractivity contribution in [2.24, 2.45) is 5.92 Å². The second-order valence-corrected chi connectivity index (χ2v) is 7.43. The molecule has 0 bridgehead atoms. The van der Waals surface area contributed by atoms with Crippen LogP contribution >= 0.6 is 23.4 Å². The van der Waals surface area contributed by atoms with E-state index in [1.807, 2.05) is 52.0 Å². The largest absolute Gasteiger partial charge is 0.325 e. The number of thioether (sulfide) groups is 1. The maximum atomic E-state index is 12.7. The Hall–Kier alpha value is -1.52. The van der Waals surface area contributed by atoms with Gasteiger partial charge in [0.1, 0.15) is 0 Å².